The molecule has 0 fully saturated rings. The summed E-state index contributed by atoms with van der Waals surface area (Å²) in [5, 5.41) is 14.4. The van der Waals surface area contributed by atoms with Crippen molar-refractivity contribution in [1.29, 1.82) is 5.26 Å². The van der Waals surface area contributed by atoms with Gasteiger partial charge in [-0.05, 0) is 17.7 Å². The molecular weight excluding hydrogens is 318 g/mol. The second-order valence-electron chi connectivity index (χ2n) is 5.98. The summed E-state index contributed by atoms with van der Waals surface area (Å²) >= 11 is 0. The largest absolute Gasteiger partial charge is 0.235 e. The summed E-state index contributed by atoms with van der Waals surface area (Å²) in [6.45, 7) is 0. The molecule has 0 N–H and O–H groups in total. The highest BCUT2D eigenvalue weighted by molar-refractivity contribution is 5.83. The van der Waals surface area contributed by atoms with E-state index in [1.807, 2.05) is 71.4 Å². The fourth-order valence-electron chi connectivity index (χ4n) is 3.18. The van der Waals surface area contributed by atoms with Gasteiger partial charge in [-0.2, -0.15) is 10.4 Å². The van der Waals surface area contributed by atoms with E-state index in [0.29, 0.717) is 6.42 Å². The number of para-hydroxylation sites is 1. The normalized spacial score (nSPS) is 10.4. The van der Waals surface area contributed by atoms with Crippen molar-refractivity contribution in [2.24, 2.45) is 0 Å². The predicted molar refractivity (Wildman–Crippen MR) is 104 cm³/mol. The fraction of sp³-hybridized carbons (Fsp3) is 0.0435. The average molecular weight is 335 g/mol. The minimum absolute atomic E-state index is 0.291. The first-order valence-electron chi connectivity index (χ1n) is 8.53. The first-order chi connectivity index (χ1) is 12.9. The Hall–Kier alpha value is -3.64. The van der Waals surface area contributed by atoms with Crippen molar-refractivity contribution in [2.75, 3.05) is 0 Å². The Bertz CT molecular complexity index is 1040. The lowest BCUT2D eigenvalue weighted by atomic mass is 9.98. The van der Waals surface area contributed by atoms with Crippen LogP contribution in [0.4, 0.5) is 0 Å². The van der Waals surface area contributed by atoms with Gasteiger partial charge in [-0.1, -0.05) is 78.9 Å². The number of nitrogens with zero attached hydrogens (tertiary/aromatic N) is 3. The van der Waals surface area contributed by atoms with E-state index in [4.69, 9.17) is 5.10 Å². The third-order valence-corrected chi connectivity index (χ3v) is 4.34. The molecule has 0 aliphatic carbocycles. The molecule has 26 heavy (non-hydrogen) atoms. The zero-order chi connectivity index (χ0) is 17.8. The molecule has 3 aromatic carbocycles. The van der Waals surface area contributed by atoms with Gasteiger partial charge in [-0.3, -0.25) is 0 Å². The van der Waals surface area contributed by atoms with E-state index in [2.05, 4.69) is 30.3 Å². The molecule has 0 saturated heterocycles. The SMILES string of the molecule is N#CCc1c(-c2ccccc2)c(-c2ccccc2)nn1-c1ccccc1. The van der Waals surface area contributed by atoms with Gasteiger partial charge in [-0.25, -0.2) is 4.68 Å². The van der Waals surface area contributed by atoms with Crippen LogP contribution in [0.3, 0.4) is 0 Å². The summed E-state index contributed by atoms with van der Waals surface area (Å²) in [5.74, 6) is 0. The van der Waals surface area contributed by atoms with Crippen molar-refractivity contribution < 1.29 is 0 Å². The van der Waals surface area contributed by atoms with Crippen LogP contribution in [0.2, 0.25) is 0 Å². The summed E-state index contributed by atoms with van der Waals surface area (Å²) in [5.41, 5.74) is 5.88. The second kappa shape index (κ2) is 7.08. The fourth-order valence-corrected chi connectivity index (χ4v) is 3.18. The van der Waals surface area contributed by atoms with Crippen molar-refractivity contribution in [1.82, 2.24) is 9.78 Å². The molecule has 3 nitrogen and oxygen atoms in total. The summed E-state index contributed by atoms with van der Waals surface area (Å²) in [6.07, 6.45) is 0.291. The Balaban J connectivity index is 2.04. The Morgan fingerprint density at radius 1 is 0.731 bits per heavy atom. The van der Waals surface area contributed by atoms with Crippen molar-refractivity contribution in [3.63, 3.8) is 0 Å². The van der Waals surface area contributed by atoms with Gasteiger partial charge in [0.25, 0.3) is 0 Å². The van der Waals surface area contributed by atoms with Crippen LogP contribution in [0.25, 0.3) is 28.1 Å². The molecule has 0 aliphatic rings. The molecule has 1 heterocycles. The number of benzene rings is 3. The number of hydrogen-bond donors (Lipinski definition) is 0. The molecule has 0 bridgehead atoms. The molecular formula is C23H17N3. The minimum Gasteiger partial charge on any atom is -0.235 e. The van der Waals surface area contributed by atoms with Gasteiger partial charge in [-0.15, -0.1) is 0 Å². The van der Waals surface area contributed by atoms with E-state index in [1.54, 1.807) is 0 Å². The lowest BCUT2D eigenvalue weighted by Gasteiger charge is -2.07. The molecule has 4 aromatic rings. The molecule has 0 saturated carbocycles. The Morgan fingerprint density at radius 3 is 1.85 bits per heavy atom. The van der Waals surface area contributed by atoms with Gasteiger partial charge in [0.15, 0.2) is 0 Å². The predicted octanol–water partition coefficient (Wildman–Crippen LogP) is 5.27. The van der Waals surface area contributed by atoms with E-state index in [1.165, 1.54) is 0 Å². The standard InChI is InChI=1S/C23H17N3/c24-17-16-21-22(18-10-4-1-5-11-18)23(19-12-6-2-7-13-19)25-26(21)20-14-8-3-9-15-20/h1-15H,16H2. The number of rotatable bonds is 4. The molecule has 1 aromatic heterocycles. The lowest BCUT2D eigenvalue weighted by Crippen LogP contribution is -2.02. The quantitative estimate of drug-likeness (QED) is 0.509. The summed E-state index contributed by atoms with van der Waals surface area (Å²) < 4.78 is 1.90. The topological polar surface area (TPSA) is 41.6 Å². The molecule has 0 spiro atoms. The first-order valence-corrected chi connectivity index (χ1v) is 8.53. The molecule has 0 aliphatic heterocycles. The monoisotopic (exact) mass is 335 g/mol. The summed E-state index contributed by atoms with van der Waals surface area (Å²) in [4.78, 5) is 0. The van der Waals surface area contributed by atoms with Crippen LogP contribution >= 0.6 is 0 Å². The van der Waals surface area contributed by atoms with Gasteiger partial charge in [0, 0.05) is 11.1 Å². The summed E-state index contributed by atoms with van der Waals surface area (Å²) in [7, 11) is 0. The van der Waals surface area contributed by atoms with Crippen LogP contribution < -0.4 is 0 Å². The van der Waals surface area contributed by atoms with Crippen LogP contribution in [0, 0.1) is 11.3 Å². The van der Waals surface area contributed by atoms with Crippen LogP contribution in [0.15, 0.2) is 91.0 Å². The van der Waals surface area contributed by atoms with Gasteiger partial charge in [0.2, 0.25) is 0 Å². The van der Waals surface area contributed by atoms with E-state index < -0.39 is 0 Å². The third-order valence-electron chi connectivity index (χ3n) is 4.34. The molecule has 4 rings (SSSR count). The van der Waals surface area contributed by atoms with Crippen LogP contribution in [0.1, 0.15) is 5.69 Å². The van der Waals surface area contributed by atoms with Gasteiger partial charge in [0.1, 0.15) is 5.69 Å². The molecule has 0 unspecified atom stereocenters. The van der Waals surface area contributed by atoms with Crippen molar-refractivity contribution >= 4 is 0 Å². The molecule has 0 atom stereocenters. The number of hydrogen-bond acceptors (Lipinski definition) is 2. The minimum atomic E-state index is 0.291. The number of aromatic nitrogens is 2. The van der Waals surface area contributed by atoms with Crippen LogP contribution in [-0.4, -0.2) is 9.78 Å². The van der Waals surface area contributed by atoms with Gasteiger partial charge >= 0.3 is 0 Å². The Kier molecular flexibility index (Phi) is 4.32. The summed E-state index contributed by atoms with van der Waals surface area (Å²) in [6, 6.07) is 32.6. The zero-order valence-electron chi connectivity index (χ0n) is 14.2. The smallest absolute Gasteiger partial charge is 0.101 e. The highest BCUT2D eigenvalue weighted by Gasteiger charge is 2.21. The van der Waals surface area contributed by atoms with Crippen molar-refractivity contribution in [3.05, 3.63) is 96.7 Å². The Morgan fingerprint density at radius 2 is 1.27 bits per heavy atom. The average Bonchev–Trinajstić information content (AvgIpc) is 3.10. The lowest BCUT2D eigenvalue weighted by molar-refractivity contribution is 0.834. The van der Waals surface area contributed by atoms with Crippen LogP contribution in [0.5, 0.6) is 0 Å². The van der Waals surface area contributed by atoms with E-state index in [-0.39, 0.29) is 0 Å². The molecule has 0 amide bonds. The zero-order valence-corrected chi connectivity index (χ0v) is 14.2. The van der Waals surface area contributed by atoms with Crippen molar-refractivity contribution in [3.8, 4) is 34.1 Å². The Labute approximate surface area is 152 Å². The van der Waals surface area contributed by atoms with E-state index in [0.717, 1.165) is 33.8 Å². The molecule has 124 valence electrons. The van der Waals surface area contributed by atoms with Crippen LogP contribution in [-0.2, 0) is 6.42 Å². The molecule has 3 heteroatoms. The highest BCUT2D eigenvalue weighted by Crippen LogP contribution is 2.36. The van der Waals surface area contributed by atoms with Crippen molar-refractivity contribution in [2.45, 2.75) is 6.42 Å². The van der Waals surface area contributed by atoms with Gasteiger partial charge in [0.05, 0.1) is 23.9 Å². The second-order valence-corrected chi connectivity index (χ2v) is 5.98. The van der Waals surface area contributed by atoms with Gasteiger partial charge < -0.3 is 0 Å². The molecule has 0 radical (unpaired) electrons. The maximum absolute atomic E-state index is 9.45. The van der Waals surface area contributed by atoms with E-state index in [9.17, 15) is 5.26 Å². The number of nitriles is 1. The maximum atomic E-state index is 9.45. The third kappa shape index (κ3) is 2.89. The first kappa shape index (κ1) is 15.9. The maximum Gasteiger partial charge on any atom is 0.101 e. The van der Waals surface area contributed by atoms with E-state index >= 15 is 0 Å². The highest BCUT2D eigenvalue weighted by atomic mass is 15.3.